The van der Waals surface area contributed by atoms with Crippen molar-refractivity contribution in [3.05, 3.63) is 0 Å². The fourth-order valence-corrected chi connectivity index (χ4v) is 1.55. The smallest absolute Gasteiger partial charge is 0.140 e. The summed E-state index contributed by atoms with van der Waals surface area (Å²) in [6.07, 6.45) is 2.20. The molecule has 1 rings (SSSR count). The van der Waals surface area contributed by atoms with Gasteiger partial charge in [0.15, 0.2) is 0 Å². The van der Waals surface area contributed by atoms with Crippen LogP contribution in [0.4, 0.5) is 0 Å². The number of carbonyl (C=O) groups is 2. The molecule has 3 nitrogen and oxygen atoms in total. The Morgan fingerprint density at radius 3 is 1.47 bits per heavy atom. The van der Waals surface area contributed by atoms with Gasteiger partial charge in [0.05, 0.1) is 6.42 Å². The summed E-state index contributed by atoms with van der Waals surface area (Å²) >= 11 is 0. The highest BCUT2D eigenvalue weighted by Crippen LogP contribution is 2.09. The minimum atomic E-state index is 0.112. The van der Waals surface area contributed by atoms with Crippen molar-refractivity contribution in [3.8, 4) is 0 Å². The van der Waals surface area contributed by atoms with E-state index < -0.39 is 0 Å². The van der Waals surface area contributed by atoms with Crippen LogP contribution in [0.1, 0.15) is 46.5 Å². The molecule has 0 radical (unpaired) electrons. The van der Waals surface area contributed by atoms with E-state index in [9.17, 15) is 9.59 Å². The number of Topliss-reactive ketones (excluding diaryl/α,β-unsaturated/α-hetero) is 2. The molecular weight excluding hydrogens is 190 g/mol. The Kier molecular flexibility index (Phi) is 8.19. The number of carbonyl (C=O) groups excluding carboxylic acids is 2. The van der Waals surface area contributed by atoms with Crippen molar-refractivity contribution in [2.75, 3.05) is 19.6 Å². The number of ketones is 2. The van der Waals surface area contributed by atoms with E-state index in [1.807, 2.05) is 0 Å². The predicted molar refractivity (Wildman–Crippen MR) is 61.9 cm³/mol. The van der Waals surface area contributed by atoms with Gasteiger partial charge >= 0.3 is 0 Å². The third kappa shape index (κ3) is 7.25. The first-order chi connectivity index (χ1) is 7.13. The molecule has 0 aromatic rings. The van der Waals surface area contributed by atoms with Gasteiger partial charge in [-0.25, -0.2) is 0 Å². The average Bonchev–Trinajstić information content (AvgIpc) is 2.21. The van der Waals surface area contributed by atoms with Crippen LogP contribution in [-0.2, 0) is 9.59 Å². The lowest BCUT2D eigenvalue weighted by atomic mass is 9.98. The topological polar surface area (TPSA) is 37.4 Å². The number of rotatable bonds is 3. The first kappa shape index (κ1) is 14.3. The predicted octanol–water partition coefficient (Wildman–Crippen LogP) is 2.05. The second kappa shape index (κ2) is 8.60. The molecule has 0 saturated heterocycles. The van der Waals surface area contributed by atoms with Gasteiger partial charge < -0.3 is 4.90 Å². The summed E-state index contributed by atoms with van der Waals surface area (Å²) in [5, 5.41) is 0. The Morgan fingerprint density at radius 2 is 1.33 bits per heavy atom. The van der Waals surface area contributed by atoms with Gasteiger partial charge in [-0.2, -0.15) is 0 Å². The van der Waals surface area contributed by atoms with Crippen LogP contribution in [0.5, 0.6) is 0 Å². The number of nitrogens with zero attached hydrogens (tertiary/aromatic N) is 1. The maximum atomic E-state index is 10.5. The van der Waals surface area contributed by atoms with Gasteiger partial charge in [0.2, 0.25) is 0 Å². The fourth-order valence-electron chi connectivity index (χ4n) is 1.55. The largest absolute Gasteiger partial charge is 0.304 e. The molecule has 1 aliphatic rings. The summed E-state index contributed by atoms with van der Waals surface area (Å²) in [6.45, 7) is 10.1. The highest BCUT2D eigenvalue weighted by atomic mass is 16.1. The van der Waals surface area contributed by atoms with E-state index in [1.165, 1.54) is 19.6 Å². The SMILES string of the molecule is CCN(CC)CC.O=C1CCCC(=O)C1. The molecule has 1 fully saturated rings. The van der Waals surface area contributed by atoms with Crippen LogP contribution in [0.2, 0.25) is 0 Å². The van der Waals surface area contributed by atoms with E-state index >= 15 is 0 Å². The molecule has 0 spiro atoms. The normalized spacial score (nSPS) is 16.3. The molecule has 3 heteroatoms. The second-order valence-corrected chi connectivity index (χ2v) is 3.73. The first-order valence-corrected chi connectivity index (χ1v) is 5.89. The van der Waals surface area contributed by atoms with Gasteiger partial charge in [0, 0.05) is 12.8 Å². The Morgan fingerprint density at radius 1 is 0.933 bits per heavy atom. The summed E-state index contributed by atoms with van der Waals surface area (Å²) < 4.78 is 0. The van der Waals surface area contributed by atoms with Crippen molar-refractivity contribution < 1.29 is 9.59 Å². The molecule has 0 aliphatic heterocycles. The van der Waals surface area contributed by atoms with E-state index in [0.717, 1.165) is 6.42 Å². The minimum absolute atomic E-state index is 0.112. The monoisotopic (exact) mass is 213 g/mol. The number of hydrogen-bond donors (Lipinski definition) is 0. The van der Waals surface area contributed by atoms with E-state index in [0.29, 0.717) is 12.8 Å². The standard InChI is InChI=1S/C6H15N.C6H8O2/c1-4-7(5-2)6-3;7-5-2-1-3-6(8)4-5/h4-6H2,1-3H3;1-4H2. The zero-order valence-corrected chi connectivity index (χ0v) is 10.2. The molecule has 0 unspecified atom stereocenters. The van der Waals surface area contributed by atoms with Gasteiger partial charge in [-0.3, -0.25) is 9.59 Å². The zero-order valence-electron chi connectivity index (χ0n) is 10.2. The second-order valence-electron chi connectivity index (χ2n) is 3.73. The van der Waals surface area contributed by atoms with Crippen LogP contribution in [0.25, 0.3) is 0 Å². The van der Waals surface area contributed by atoms with Crippen molar-refractivity contribution in [1.82, 2.24) is 4.90 Å². The summed E-state index contributed by atoms with van der Waals surface area (Å²) in [7, 11) is 0. The Bertz CT molecular complexity index is 178. The average molecular weight is 213 g/mol. The molecule has 0 aromatic heterocycles. The van der Waals surface area contributed by atoms with Crippen LogP contribution in [0, 0.1) is 0 Å². The molecule has 1 aliphatic carbocycles. The van der Waals surface area contributed by atoms with Crippen molar-refractivity contribution in [1.29, 1.82) is 0 Å². The third-order valence-electron chi connectivity index (χ3n) is 2.65. The van der Waals surface area contributed by atoms with Gasteiger partial charge in [-0.15, -0.1) is 0 Å². The summed E-state index contributed by atoms with van der Waals surface area (Å²) in [4.78, 5) is 23.3. The molecule has 88 valence electrons. The molecule has 0 N–H and O–H groups in total. The van der Waals surface area contributed by atoms with Gasteiger partial charge in [0.25, 0.3) is 0 Å². The maximum absolute atomic E-state index is 10.5. The highest BCUT2D eigenvalue weighted by Gasteiger charge is 2.14. The lowest BCUT2D eigenvalue weighted by Gasteiger charge is -2.13. The maximum Gasteiger partial charge on any atom is 0.140 e. The van der Waals surface area contributed by atoms with Crippen molar-refractivity contribution in [2.24, 2.45) is 0 Å². The van der Waals surface area contributed by atoms with Crippen LogP contribution >= 0.6 is 0 Å². The van der Waals surface area contributed by atoms with E-state index in [2.05, 4.69) is 25.7 Å². The Labute approximate surface area is 92.8 Å². The minimum Gasteiger partial charge on any atom is -0.304 e. The molecule has 15 heavy (non-hydrogen) atoms. The molecule has 0 atom stereocenters. The van der Waals surface area contributed by atoms with E-state index in [1.54, 1.807) is 0 Å². The molecule has 0 amide bonds. The van der Waals surface area contributed by atoms with Crippen LogP contribution in [0.3, 0.4) is 0 Å². The molecular formula is C12H23NO2. The van der Waals surface area contributed by atoms with Gasteiger partial charge in [-0.1, -0.05) is 20.8 Å². The van der Waals surface area contributed by atoms with Gasteiger partial charge in [-0.05, 0) is 26.1 Å². The fraction of sp³-hybridized carbons (Fsp3) is 0.833. The van der Waals surface area contributed by atoms with E-state index in [-0.39, 0.29) is 18.0 Å². The van der Waals surface area contributed by atoms with Crippen molar-refractivity contribution in [3.63, 3.8) is 0 Å². The van der Waals surface area contributed by atoms with Crippen LogP contribution in [0.15, 0.2) is 0 Å². The molecule has 0 bridgehead atoms. The Hall–Kier alpha value is -0.700. The van der Waals surface area contributed by atoms with Crippen molar-refractivity contribution >= 4 is 11.6 Å². The third-order valence-corrected chi connectivity index (χ3v) is 2.65. The van der Waals surface area contributed by atoms with Crippen LogP contribution < -0.4 is 0 Å². The molecule has 1 saturated carbocycles. The first-order valence-electron chi connectivity index (χ1n) is 5.89. The van der Waals surface area contributed by atoms with E-state index in [4.69, 9.17) is 0 Å². The molecule has 0 aromatic carbocycles. The lowest BCUT2D eigenvalue weighted by Crippen LogP contribution is -2.21. The highest BCUT2D eigenvalue weighted by molar-refractivity contribution is 6.01. The summed E-state index contributed by atoms with van der Waals surface area (Å²) in [6, 6.07) is 0. The lowest BCUT2D eigenvalue weighted by molar-refractivity contribution is -0.129. The Balaban J connectivity index is 0.000000265. The number of hydrogen-bond acceptors (Lipinski definition) is 3. The van der Waals surface area contributed by atoms with Gasteiger partial charge in [0.1, 0.15) is 11.6 Å². The molecule has 0 heterocycles. The zero-order chi connectivity index (χ0) is 11.7. The summed E-state index contributed by atoms with van der Waals surface area (Å²) in [5.41, 5.74) is 0. The summed E-state index contributed by atoms with van der Waals surface area (Å²) in [5.74, 6) is 0.225. The van der Waals surface area contributed by atoms with Crippen LogP contribution in [-0.4, -0.2) is 36.1 Å². The quantitative estimate of drug-likeness (QED) is 0.673. The van der Waals surface area contributed by atoms with Crippen molar-refractivity contribution in [2.45, 2.75) is 46.5 Å².